The molecule has 1 unspecified atom stereocenters. The number of thiophene rings is 1. The van der Waals surface area contributed by atoms with E-state index in [1.165, 1.54) is 22.2 Å². The van der Waals surface area contributed by atoms with Gasteiger partial charge in [-0.2, -0.15) is 0 Å². The van der Waals surface area contributed by atoms with Gasteiger partial charge in [0.1, 0.15) is 0 Å². The lowest BCUT2D eigenvalue weighted by Gasteiger charge is -2.16. The molecule has 1 rings (SSSR count). The van der Waals surface area contributed by atoms with Crippen molar-refractivity contribution in [2.75, 3.05) is 7.05 Å². The Labute approximate surface area is 99.0 Å². The van der Waals surface area contributed by atoms with Crippen LogP contribution in [-0.4, -0.2) is 7.05 Å². The first-order valence-electron chi connectivity index (χ1n) is 5.05. The zero-order valence-corrected chi connectivity index (χ0v) is 11.4. The maximum absolute atomic E-state index is 3.59. The van der Waals surface area contributed by atoms with Gasteiger partial charge in [-0.15, -0.1) is 11.3 Å². The fourth-order valence-electron chi connectivity index (χ4n) is 1.46. The third-order valence-corrected chi connectivity index (χ3v) is 4.33. The quantitative estimate of drug-likeness (QED) is 0.849. The summed E-state index contributed by atoms with van der Waals surface area (Å²) < 4.78 is 1.24. The Bertz CT molecular complexity index is 270. The fraction of sp³-hybridized carbons (Fsp3) is 0.636. The van der Waals surface area contributed by atoms with Gasteiger partial charge in [-0.05, 0) is 53.2 Å². The Hall–Kier alpha value is 0.140. The van der Waals surface area contributed by atoms with E-state index in [0.717, 1.165) is 5.92 Å². The van der Waals surface area contributed by atoms with Gasteiger partial charge in [0.25, 0.3) is 0 Å². The van der Waals surface area contributed by atoms with Crippen LogP contribution in [-0.2, 0) is 0 Å². The van der Waals surface area contributed by atoms with E-state index in [1.807, 2.05) is 18.4 Å². The molecule has 0 aliphatic rings. The average molecular weight is 276 g/mol. The molecule has 0 fully saturated rings. The highest BCUT2D eigenvalue weighted by Gasteiger charge is 2.13. The number of rotatable bonds is 5. The molecule has 80 valence electrons. The van der Waals surface area contributed by atoms with Crippen LogP contribution in [0.1, 0.15) is 37.6 Å². The van der Waals surface area contributed by atoms with E-state index in [9.17, 15) is 0 Å². The number of halogens is 1. The van der Waals surface area contributed by atoms with Crippen LogP contribution < -0.4 is 5.32 Å². The molecule has 1 N–H and O–H groups in total. The monoisotopic (exact) mass is 275 g/mol. The SMILES string of the molecule is CNC(CCC(C)C)c1sccc1Br. The maximum Gasteiger partial charge on any atom is 0.0423 e. The molecule has 1 aromatic heterocycles. The van der Waals surface area contributed by atoms with Crippen molar-refractivity contribution >= 4 is 27.3 Å². The smallest absolute Gasteiger partial charge is 0.0423 e. The van der Waals surface area contributed by atoms with Gasteiger partial charge >= 0.3 is 0 Å². The van der Waals surface area contributed by atoms with Crippen molar-refractivity contribution in [1.29, 1.82) is 0 Å². The lowest BCUT2D eigenvalue weighted by atomic mass is 10.0. The summed E-state index contributed by atoms with van der Waals surface area (Å²) in [4.78, 5) is 1.42. The summed E-state index contributed by atoms with van der Waals surface area (Å²) in [5, 5.41) is 5.52. The maximum atomic E-state index is 3.59. The zero-order chi connectivity index (χ0) is 10.6. The third kappa shape index (κ3) is 3.37. The van der Waals surface area contributed by atoms with Crippen molar-refractivity contribution < 1.29 is 0 Å². The van der Waals surface area contributed by atoms with E-state index in [-0.39, 0.29) is 0 Å². The van der Waals surface area contributed by atoms with Crippen LogP contribution in [0.15, 0.2) is 15.9 Å². The second-order valence-corrected chi connectivity index (χ2v) is 5.75. The predicted molar refractivity (Wildman–Crippen MR) is 67.9 cm³/mol. The van der Waals surface area contributed by atoms with E-state index >= 15 is 0 Å². The van der Waals surface area contributed by atoms with Crippen LogP contribution in [0.5, 0.6) is 0 Å². The van der Waals surface area contributed by atoms with E-state index in [2.05, 4.69) is 46.5 Å². The second kappa shape index (κ2) is 5.89. The van der Waals surface area contributed by atoms with Crippen LogP contribution in [0, 0.1) is 5.92 Å². The molecule has 0 spiro atoms. The highest BCUT2D eigenvalue weighted by molar-refractivity contribution is 9.10. The molecule has 0 radical (unpaired) electrons. The van der Waals surface area contributed by atoms with Gasteiger partial charge in [-0.25, -0.2) is 0 Å². The van der Waals surface area contributed by atoms with E-state index < -0.39 is 0 Å². The van der Waals surface area contributed by atoms with Gasteiger partial charge in [0.2, 0.25) is 0 Å². The van der Waals surface area contributed by atoms with Gasteiger partial charge in [-0.3, -0.25) is 0 Å². The molecule has 0 bridgehead atoms. The molecule has 0 saturated heterocycles. The molecule has 0 saturated carbocycles. The molecule has 1 atom stereocenters. The zero-order valence-electron chi connectivity index (χ0n) is 9.01. The van der Waals surface area contributed by atoms with Crippen molar-refractivity contribution in [1.82, 2.24) is 5.32 Å². The standard InChI is InChI=1S/C11H18BrNS/c1-8(2)4-5-10(13-3)11-9(12)6-7-14-11/h6-8,10,13H,4-5H2,1-3H3. The van der Waals surface area contributed by atoms with Crippen molar-refractivity contribution in [3.8, 4) is 0 Å². The topological polar surface area (TPSA) is 12.0 Å². The van der Waals surface area contributed by atoms with Gasteiger partial charge in [0, 0.05) is 15.4 Å². The summed E-state index contributed by atoms with van der Waals surface area (Å²) in [7, 11) is 2.04. The van der Waals surface area contributed by atoms with Crippen LogP contribution in [0.3, 0.4) is 0 Å². The number of hydrogen-bond acceptors (Lipinski definition) is 2. The molecule has 0 amide bonds. The third-order valence-electron chi connectivity index (χ3n) is 2.34. The summed E-state index contributed by atoms with van der Waals surface area (Å²) in [5.41, 5.74) is 0. The molecule has 1 heterocycles. The molecule has 1 nitrogen and oxygen atoms in total. The Morgan fingerprint density at radius 3 is 2.57 bits per heavy atom. The molecular weight excluding hydrogens is 258 g/mol. The molecular formula is C11H18BrNS. The van der Waals surface area contributed by atoms with Crippen LogP contribution in [0.25, 0.3) is 0 Å². The molecule has 0 aliphatic carbocycles. The summed E-state index contributed by atoms with van der Waals surface area (Å²) in [5.74, 6) is 0.782. The molecule has 14 heavy (non-hydrogen) atoms. The van der Waals surface area contributed by atoms with Gasteiger partial charge < -0.3 is 5.32 Å². The van der Waals surface area contributed by atoms with Crippen molar-refractivity contribution in [2.24, 2.45) is 5.92 Å². The minimum atomic E-state index is 0.506. The minimum absolute atomic E-state index is 0.506. The van der Waals surface area contributed by atoms with Crippen LogP contribution >= 0.6 is 27.3 Å². The molecule has 0 aliphatic heterocycles. The van der Waals surface area contributed by atoms with Crippen LogP contribution in [0.4, 0.5) is 0 Å². The average Bonchev–Trinajstić information content (AvgIpc) is 2.53. The predicted octanol–water partition coefficient (Wildman–Crippen LogP) is 4.21. The molecule has 3 heteroatoms. The van der Waals surface area contributed by atoms with Gasteiger partial charge in [-0.1, -0.05) is 13.8 Å². The summed E-state index contributed by atoms with van der Waals surface area (Å²) in [6, 6.07) is 2.63. The first kappa shape index (κ1) is 12.2. The largest absolute Gasteiger partial charge is 0.312 e. The van der Waals surface area contributed by atoms with Crippen molar-refractivity contribution in [3.63, 3.8) is 0 Å². The number of hydrogen-bond donors (Lipinski definition) is 1. The summed E-state index contributed by atoms with van der Waals surface area (Å²) in [6.07, 6.45) is 2.49. The van der Waals surface area contributed by atoms with E-state index in [4.69, 9.17) is 0 Å². The Morgan fingerprint density at radius 1 is 1.43 bits per heavy atom. The second-order valence-electron chi connectivity index (χ2n) is 3.95. The Balaban J connectivity index is 2.58. The Kier molecular flexibility index (Phi) is 5.13. The summed E-state index contributed by atoms with van der Waals surface area (Å²) in [6.45, 7) is 4.55. The van der Waals surface area contributed by atoms with E-state index in [1.54, 1.807) is 0 Å². The van der Waals surface area contributed by atoms with Crippen LogP contribution in [0.2, 0.25) is 0 Å². The van der Waals surface area contributed by atoms with Crippen molar-refractivity contribution in [2.45, 2.75) is 32.7 Å². The highest BCUT2D eigenvalue weighted by Crippen LogP contribution is 2.31. The molecule has 0 aromatic carbocycles. The fourth-order valence-corrected chi connectivity index (χ4v) is 3.26. The van der Waals surface area contributed by atoms with Gasteiger partial charge in [0.15, 0.2) is 0 Å². The highest BCUT2D eigenvalue weighted by atomic mass is 79.9. The minimum Gasteiger partial charge on any atom is -0.312 e. The lowest BCUT2D eigenvalue weighted by molar-refractivity contribution is 0.468. The summed E-state index contributed by atoms with van der Waals surface area (Å²) >= 11 is 5.41. The van der Waals surface area contributed by atoms with Crippen molar-refractivity contribution in [3.05, 3.63) is 20.8 Å². The normalized spacial score (nSPS) is 13.5. The van der Waals surface area contributed by atoms with E-state index in [0.29, 0.717) is 6.04 Å². The first-order chi connectivity index (χ1) is 6.65. The molecule has 1 aromatic rings. The van der Waals surface area contributed by atoms with Gasteiger partial charge in [0.05, 0.1) is 0 Å². The number of nitrogens with one attached hydrogen (secondary N) is 1. The Morgan fingerprint density at radius 2 is 2.14 bits per heavy atom. The first-order valence-corrected chi connectivity index (χ1v) is 6.72. The lowest BCUT2D eigenvalue weighted by Crippen LogP contribution is -2.16.